The highest BCUT2D eigenvalue weighted by Gasteiger charge is 2.40. The molecule has 1 aromatic carbocycles. The van der Waals surface area contributed by atoms with E-state index in [-0.39, 0.29) is 18.2 Å². The van der Waals surface area contributed by atoms with Crippen LogP contribution in [-0.2, 0) is 9.59 Å². The molecule has 1 atom stereocenters. The normalized spacial score (nSPS) is 17.2. The first kappa shape index (κ1) is 16.3. The molecule has 0 bridgehead atoms. The third-order valence-electron chi connectivity index (χ3n) is 4.36. The molecule has 22 heavy (non-hydrogen) atoms. The van der Waals surface area contributed by atoms with Crippen LogP contribution in [0, 0.1) is 0 Å². The summed E-state index contributed by atoms with van der Waals surface area (Å²) in [6.45, 7) is 1.99. The highest BCUT2D eigenvalue weighted by Crippen LogP contribution is 2.35. The molecule has 1 aromatic rings. The average molecular weight is 305 g/mol. The Bertz CT molecular complexity index is 551. The SMILES string of the molecule is COc1cccc(C(C)CC(=O)NC2(CC(=O)O)CCC2)c1. The molecule has 1 aliphatic carbocycles. The van der Waals surface area contributed by atoms with E-state index in [1.165, 1.54) is 0 Å². The van der Waals surface area contributed by atoms with E-state index >= 15 is 0 Å². The quantitative estimate of drug-likeness (QED) is 0.812. The molecule has 1 saturated carbocycles. The fraction of sp³-hybridized carbons (Fsp3) is 0.529. The van der Waals surface area contributed by atoms with Crippen LogP contribution in [0.5, 0.6) is 5.75 Å². The number of hydrogen-bond acceptors (Lipinski definition) is 3. The van der Waals surface area contributed by atoms with Crippen molar-refractivity contribution in [1.29, 1.82) is 0 Å². The number of carboxylic acids is 1. The minimum Gasteiger partial charge on any atom is -0.497 e. The number of nitrogens with one attached hydrogen (secondary N) is 1. The first-order valence-electron chi connectivity index (χ1n) is 7.61. The fourth-order valence-electron chi connectivity index (χ4n) is 2.93. The van der Waals surface area contributed by atoms with Gasteiger partial charge in [0.05, 0.1) is 19.1 Å². The summed E-state index contributed by atoms with van der Waals surface area (Å²) in [6, 6.07) is 7.66. The third-order valence-corrected chi connectivity index (χ3v) is 4.36. The second-order valence-corrected chi connectivity index (χ2v) is 6.13. The van der Waals surface area contributed by atoms with Gasteiger partial charge in [-0.15, -0.1) is 0 Å². The molecule has 1 aliphatic rings. The molecule has 0 aromatic heterocycles. The van der Waals surface area contributed by atoms with Gasteiger partial charge in [-0.3, -0.25) is 9.59 Å². The Labute approximate surface area is 130 Å². The summed E-state index contributed by atoms with van der Waals surface area (Å²) in [5.41, 5.74) is 0.507. The van der Waals surface area contributed by atoms with Gasteiger partial charge in [-0.1, -0.05) is 19.1 Å². The minimum absolute atomic E-state index is 0.00623. The number of ether oxygens (including phenoxy) is 1. The standard InChI is InChI=1S/C17H23NO4/c1-12(13-5-3-6-14(10-13)22-2)9-15(19)18-17(7-4-8-17)11-16(20)21/h3,5-6,10,12H,4,7-9,11H2,1-2H3,(H,18,19)(H,20,21). The number of methoxy groups -OCH3 is 1. The van der Waals surface area contributed by atoms with Crippen molar-refractivity contribution in [2.75, 3.05) is 7.11 Å². The molecule has 5 heteroatoms. The summed E-state index contributed by atoms with van der Waals surface area (Å²) in [6.07, 6.45) is 2.82. The van der Waals surface area contributed by atoms with Crippen molar-refractivity contribution in [2.45, 2.75) is 50.5 Å². The Morgan fingerprint density at radius 3 is 2.68 bits per heavy atom. The van der Waals surface area contributed by atoms with Crippen LogP contribution in [0.4, 0.5) is 0 Å². The van der Waals surface area contributed by atoms with Gasteiger partial charge in [0.1, 0.15) is 5.75 Å². The zero-order valence-electron chi connectivity index (χ0n) is 13.1. The lowest BCUT2D eigenvalue weighted by molar-refractivity contribution is -0.140. The van der Waals surface area contributed by atoms with Gasteiger partial charge in [0, 0.05) is 6.42 Å². The Balaban J connectivity index is 1.94. The Morgan fingerprint density at radius 1 is 1.41 bits per heavy atom. The van der Waals surface area contributed by atoms with Gasteiger partial charge in [-0.2, -0.15) is 0 Å². The molecule has 2 rings (SSSR count). The fourth-order valence-corrected chi connectivity index (χ4v) is 2.93. The van der Waals surface area contributed by atoms with Crippen LogP contribution in [0.2, 0.25) is 0 Å². The molecule has 0 saturated heterocycles. The number of amides is 1. The van der Waals surface area contributed by atoms with Gasteiger partial charge in [-0.05, 0) is 42.9 Å². The lowest BCUT2D eigenvalue weighted by atomic mass is 9.74. The number of carbonyl (C=O) groups excluding carboxylic acids is 1. The lowest BCUT2D eigenvalue weighted by Crippen LogP contribution is -2.54. The summed E-state index contributed by atoms with van der Waals surface area (Å²) in [4.78, 5) is 23.2. The highest BCUT2D eigenvalue weighted by molar-refractivity contribution is 5.79. The second kappa shape index (κ2) is 6.81. The molecule has 0 heterocycles. The van der Waals surface area contributed by atoms with Gasteiger partial charge in [0.15, 0.2) is 0 Å². The Morgan fingerprint density at radius 2 is 2.14 bits per heavy atom. The van der Waals surface area contributed by atoms with Gasteiger partial charge >= 0.3 is 5.97 Å². The molecule has 1 fully saturated rings. The van der Waals surface area contributed by atoms with Crippen molar-refractivity contribution < 1.29 is 19.4 Å². The van der Waals surface area contributed by atoms with Crippen LogP contribution in [0.3, 0.4) is 0 Å². The first-order chi connectivity index (χ1) is 10.4. The molecule has 0 spiro atoms. The number of aliphatic carboxylic acids is 1. The molecule has 0 aliphatic heterocycles. The van der Waals surface area contributed by atoms with Crippen LogP contribution in [-0.4, -0.2) is 29.6 Å². The smallest absolute Gasteiger partial charge is 0.305 e. The summed E-state index contributed by atoms with van der Waals surface area (Å²) in [7, 11) is 1.61. The van der Waals surface area contributed by atoms with E-state index in [0.717, 1.165) is 30.6 Å². The van der Waals surface area contributed by atoms with Crippen molar-refractivity contribution in [2.24, 2.45) is 0 Å². The van der Waals surface area contributed by atoms with Crippen LogP contribution >= 0.6 is 0 Å². The number of carbonyl (C=O) groups is 2. The van der Waals surface area contributed by atoms with E-state index in [1.54, 1.807) is 7.11 Å². The summed E-state index contributed by atoms with van der Waals surface area (Å²) in [5, 5.41) is 11.9. The van der Waals surface area contributed by atoms with E-state index in [0.29, 0.717) is 6.42 Å². The van der Waals surface area contributed by atoms with E-state index < -0.39 is 11.5 Å². The lowest BCUT2D eigenvalue weighted by Gasteiger charge is -2.41. The molecule has 120 valence electrons. The maximum Gasteiger partial charge on any atom is 0.305 e. The summed E-state index contributed by atoms with van der Waals surface area (Å²) < 4.78 is 5.20. The van der Waals surface area contributed by atoms with Gasteiger partial charge < -0.3 is 15.2 Å². The third kappa shape index (κ3) is 4.00. The molecule has 2 N–H and O–H groups in total. The maximum absolute atomic E-state index is 12.2. The van der Waals surface area contributed by atoms with E-state index in [1.807, 2.05) is 31.2 Å². The van der Waals surface area contributed by atoms with Gasteiger partial charge in [0.2, 0.25) is 5.91 Å². The largest absolute Gasteiger partial charge is 0.497 e. The molecule has 1 amide bonds. The maximum atomic E-state index is 12.2. The van der Waals surface area contributed by atoms with Crippen molar-refractivity contribution in [1.82, 2.24) is 5.32 Å². The highest BCUT2D eigenvalue weighted by atomic mass is 16.5. The predicted octanol–water partition coefficient (Wildman–Crippen LogP) is 2.70. The number of carboxylic acid groups (broad SMARTS) is 1. The van der Waals surface area contributed by atoms with Crippen LogP contribution in [0.1, 0.15) is 50.5 Å². The van der Waals surface area contributed by atoms with E-state index in [9.17, 15) is 9.59 Å². The number of rotatable bonds is 7. The molecule has 5 nitrogen and oxygen atoms in total. The van der Waals surface area contributed by atoms with Gasteiger partial charge in [-0.25, -0.2) is 0 Å². The topological polar surface area (TPSA) is 75.6 Å². The van der Waals surface area contributed by atoms with Crippen molar-refractivity contribution in [3.8, 4) is 5.75 Å². The monoisotopic (exact) mass is 305 g/mol. The summed E-state index contributed by atoms with van der Waals surface area (Å²) >= 11 is 0. The molecule has 1 unspecified atom stereocenters. The minimum atomic E-state index is -0.860. The van der Waals surface area contributed by atoms with E-state index in [4.69, 9.17) is 9.84 Å². The zero-order valence-corrected chi connectivity index (χ0v) is 13.1. The van der Waals surface area contributed by atoms with Crippen LogP contribution in [0.25, 0.3) is 0 Å². The Kier molecular flexibility index (Phi) is 5.06. The number of hydrogen-bond donors (Lipinski definition) is 2. The summed E-state index contributed by atoms with van der Waals surface area (Å²) in [5.74, 6) is -0.125. The van der Waals surface area contributed by atoms with Crippen molar-refractivity contribution in [3.63, 3.8) is 0 Å². The Hall–Kier alpha value is -2.04. The average Bonchev–Trinajstić information content (AvgIpc) is 2.44. The van der Waals surface area contributed by atoms with Crippen molar-refractivity contribution in [3.05, 3.63) is 29.8 Å². The second-order valence-electron chi connectivity index (χ2n) is 6.13. The predicted molar refractivity (Wildman–Crippen MR) is 83.0 cm³/mol. The van der Waals surface area contributed by atoms with Crippen LogP contribution in [0.15, 0.2) is 24.3 Å². The molecular weight excluding hydrogens is 282 g/mol. The molecular formula is C17H23NO4. The number of benzene rings is 1. The van der Waals surface area contributed by atoms with Gasteiger partial charge in [0.25, 0.3) is 0 Å². The van der Waals surface area contributed by atoms with Crippen molar-refractivity contribution >= 4 is 11.9 Å². The first-order valence-corrected chi connectivity index (χ1v) is 7.61. The van der Waals surface area contributed by atoms with Crippen LogP contribution < -0.4 is 10.1 Å². The molecule has 0 radical (unpaired) electrons. The zero-order chi connectivity index (χ0) is 16.2. The van der Waals surface area contributed by atoms with E-state index in [2.05, 4.69) is 5.32 Å².